The molecule has 0 spiro atoms. The van der Waals surface area contributed by atoms with E-state index in [1.807, 2.05) is 45.9 Å². The van der Waals surface area contributed by atoms with E-state index in [9.17, 15) is 29.7 Å². The summed E-state index contributed by atoms with van der Waals surface area (Å²) in [7, 11) is 0. The van der Waals surface area contributed by atoms with Crippen molar-refractivity contribution in [2.75, 3.05) is 0 Å². The van der Waals surface area contributed by atoms with Crippen LogP contribution >= 0.6 is 0 Å². The summed E-state index contributed by atoms with van der Waals surface area (Å²) < 4.78 is 0. The molecule has 0 radical (unpaired) electrons. The van der Waals surface area contributed by atoms with E-state index >= 15 is 0 Å². The molecule has 1 aromatic rings. The first-order chi connectivity index (χ1) is 20.9. The van der Waals surface area contributed by atoms with Crippen LogP contribution in [0.1, 0.15) is 58.1 Å². The second-order valence-corrected chi connectivity index (χ2v) is 11.5. The molecule has 5 heterocycles. The minimum absolute atomic E-state index is 0.0628. The van der Waals surface area contributed by atoms with Crippen molar-refractivity contribution in [2.45, 2.75) is 66.3 Å². The maximum atomic E-state index is 12.7. The standard InChI is InChI=1S/C34H36N4O6/c1-7-19-15(3)23-12-25-17(5)21(9-10-29(39)40)32(37-25)22(11-30(41)42)33-31(34(43)44)18(6)26(38-33)14-28-20(8-2)16(4)24(36-28)13-27(19)35-23/h7,12-14,21,32,36-37H,1,8-11H2,2-6H3,(H,39,40)(H,41,42)(H,43,44). The van der Waals surface area contributed by atoms with Crippen LogP contribution in [-0.2, 0) is 20.8 Å². The Kier molecular flexibility index (Phi) is 8.03. The lowest BCUT2D eigenvalue weighted by atomic mass is 9.83. The normalized spacial score (nSPS) is 21.1. The summed E-state index contributed by atoms with van der Waals surface area (Å²) in [6, 6.07) is -0.699. The van der Waals surface area contributed by atoms with Gasteiger partial charge in [-0.15, -0.1) is 0 Å². The Morgan fingerprint density at radius 3 is 2.27 bits per heavy atom. The molecular formula is C34H36N4O6. The Bertz CT molecular complexity index is 1890. The third-order valence-electron chi connectivity index (χ3n) is 8.98. The van der Waals surface area contributed by atoms with Crippen LogP contribution in [0.3, 0.4) is 0 Å². The van der Waals surface area contributed by atoms with Crippen molar-refractivity contribution in [3.05, 3.63) is 91.1 Å². The highest BCUT2D eigenvalue weighted by molar-refractivity contribution is 6.26. The van der Waals surface area contributed by atoms with Crippen molar-refractivity contribution >= 4 is 41.5 Å². The lowest BCUT2D eigenvalue weighted by Crippen LogP contribution is -2.33. The molecule has 8 bridgehead atoms. The van der Waals surface area contributed by atoms with Gasteiger partial charge in [0.05, 0.1) is 40.9 Å². The molecule has 5 rings (SSSR count). The van der Waals surface area contributed by atoms with Gasteiger partial charge in [-0.1, -0.05) is 19.6 Å². The van der Waals surface area contributed by atoms with Crippen LogP contribution in [0.5, 0.6) is 0 Å². The summed E-state index contributed by atoms with van der Waals surface area (Å²) in [4.78, 5) is 49.8. The highest BCUT2D eigenvalue weighted by Crippen LogP contribution is 2.40. The number of aliphatic imine (C=N–C) groups is 2. The molecule has 2 unspecified atom stereocenters. The summed E-state index contributed by atoms with van der Waals surface area (Å²) in [5, 5.41) is 35.0. The molecule has 0 aliphatic carbocycles. The zero-order valence-electron chi connectivity index (χ0n) is 25.5. The summed E-state index contributed by atoms with van der Waals surface area (Å²) in [5.41, 5.74) is 7.98. The Labute approximate surface area is 254 Å². The number of aromatic amines is 1. The van der Waals surface area contributed by atoms with Crippen molar-refractivity contribution in [3.8, 4) is 0 Å². The zero-order valence-corrected chi connectivity index (χ0v) is 25.5. The molecular weight excluding hydrogens is 560 g/mol. The molecule has 0 fully saturated rings. The van der Waals surface area contributed by atoms with Crippen LogP contribution < -0.4 is 16.0 Å². The van der Waals surface area contributed by atoms with Gasteiger partial charge >= 0.3 is 17.9 Å². The number of carbonyl (C=O) groups is 3. The van der Waals surface area contributed by atoms with Gasteiger partial charge in [0, 0.05) is 34.3 Å². The number of aromatic nitrogens is 1. The molecule has 10 heteroatoms. The summed E-state index contributed by atoms with van der Waals surface area (Å²) in [6.07, 6.45) is 7.77. The van der Waals surface area contributed by atoms with Gasteiger partial charge in [-0.05, 0) is 92.2 Å². The number of hydrogen-bond donors (Lipinski definition) is 5. The van der Waals surface area contributed by atoms with E-state index in [-0.39, 0.29) is 29.7 Å². The van der Waals surface area contributed by atoms with E-state index in [0.717, 1.165) is 44.3 Å². The van der Waals surface area contributed by atoms with Crippen molar-refractivity contribution in [2.24, 2.45) is 15.9 Å². The fraction of sp³-hybridized carbons (Fsp3) is 0.324. The second kappa shape index (κ2) is 11.6. The van der Waals surface area contributed by atoms with Crippen LogP contribution in [0.4, 0.5) is 0 Å². The number of fused-ring (bicyclic) bond motifs is 6. The van der Waals surface area contributed by atoms with Gasteiger partial charge in [-0.25, -0.2) is 14.8 Å². The summed E-state index contributed by atoms with van der Waals surface area (Å²) in [5.74, 6) is -3.76. The van der Waals surface area contributed by atoms with E-state index in [1.165, 1.54) is 0 Å². The number of hydrogen-bond acceptors (Lipinski definition) is 6. The SMILES string of the molecule is C=CC1=C(C)C2=CC3=C(C)C(CCC(=O)O)C(N3)C(CC(=O)O)=C3N=C(C=c4[nH]c(c(C)c4CC)=CC1=N2)C(C)=C3C(=O)O. The molecule has 1 aromatic heterocycles. The second-order valence-electron chi connectivity index (χ2n) is 11.5. The Balaban J connectivity index is 1.90. The quantitative estimate of drug-likeness (QED) is 0.306. The average Bonchev–Trinajstić information content (AvgIpc) is 3.63. The maximum absolute atomic E-state index is 12.7. The molecule has 0 aromatic carbocycles. The smallest absolute Gasteiger partial charge is 0.338 e. The van der Waals surface area contributed by atoms with Gasteiger partial charge in [0.1, 0.15) is 0 Å². The van der Waals surface area contributed by atoms with E-state index in [2.05, 4.69) is 16.9 Å². The van der Waals surface area contributed by atoms with Crippen LogP contribution in [0, 0.1) is 12.8 Å². The average molecular weight is 597 g/mol. The lowest BCUT2D eigenvalue weighted by Gasteiger charge is -2.25. The van der Waals surface area contributed by atoms with Crippen molar-refractivity contribution < 1.29 is 29.7 Å². The van der Waals surface area contributed by atoms with E-state index in [0.29, 0.717) is 29.1 Å². The van der Waals surface area contributed by atoms with Gasteiger partial charge in [0.2, 0.25) is 0 Å². The third-order valence-corrected chi connectivity index (χ3v) is 8.98. The highest BCUT2D eigenvalue weighted by atomic mass is 16.4. The molecule has 2 atom stereocenters. The first kappa shape index (κ1) is 30.5. The monoisotopic (exact) mass is 596 g/mol. The molecule has 0 saturated carbocycles. The molecule has 4 aliphatic heterocycles. The Morgan fingerprint density at radius 2 is 1.66 bits per heavy atom. The van der Waals surface area contributed by atoms with Gasteiger partial charge in [0.15, 0.2) is 0 Å². The molecule has 10 nitrogen and oxygen atoms in total. The minimum Gasteiger partial charge on any atom is -0.481 e. The summed E-state index contributed by atoms with van der Waals surface area (Å²) in [6.45, 7) is 13.6. The number of carboxylic acids is 3. The fourth-order valence-corrected chi connectivity index (χ4v) is 6.61. The number of rotatable bonds is 8. The van der Waals surface area contributed by atoms with Crippen LogP contribution in [0.15, 0.2) is 79.2 Å². The van der Waals surface area contributed by atoms with Gasteiger partial charge in [-0.2, -0.15) is 0 Å². The van der Waals surface area contributed by atoms with E-state index in [4.69, 9.17) is 9.98 Å². The topological polar surface area (TPSA) is 164 Å². The lowest BCUT2D eigenvalue weighted by molar-refractivity contribution is -0.138. The first-order valence-corrected chi connectivity index (χ1v) is 14.6. The van der Waals surface area contributed by atoms with Crippen molar-refractivity contribution in [3.63, 3.8) is 0 Å². The maximum Gasteiger partial charge on any atom is 0.338 e. The first-order valence-electron chi connectivity index (χ1n) is 14.6. The predicted octanol–water partition coefficient (Wildman–Crippen LogP) is 3.61. The summed E-state index contributed by atoms with van der Waals surface area (Å²) >= 11 is 0. The number of allylic oxidation sites excluding steroid dienone is 5. The van der Waals surface area contributed by atoms with Crippen LogP contribution in [-0.4, -0.2) is 55.7 Å². The molecule has 228 valence electrons. The highest BCUT2D eigenvalue weighted by Gasteiger charge is 2.39. The third kappa shape index (κ3) is 5.21. The Hall–Kier alpha value is -4.99. The number of carboxylic acid groups (broad SMARTS) is 3. The van der Waals surface area contributed by atoms with Crippen LogP contribution in [0.25, 0.3) is 12.2 Å². The van der Waals surface area contributed by atoms with Crippen molar-refractivity contribution in [1.29, 1.82) is 0 Å². The van der Waals surface area contributed by atoms with E-state index < -0.39 is 36.3 Å². The minimum atomic E-state index is -1.21. The molecule has 44 heavy (non-hydrogen) atoms. The van der Waals surface area contributed by atoms with Gasteiger partial charge < -0.3 is 25.6 Å². The number of aliphatic carboxylic acids is 3. The molecule has 0 saturated heterocycles. The molecule has 0 amide bonds. The van der Waals surface area contributed by atoms with E-state index in [1.54, 1.807) is 13.0 Å². The molecule has 5 N–H and O–H groups in total. The molecule has 4 aliphatic rings. The predicted molar refractivity (Wildman–Crippen MR) is 169 cm³/mol. The van der Waals surface area contributed by atoms with Crippen LogP contribution in [0.2, 0.25) is 0 Å². The number of nitrogens with zero attached hydrogens (tertiary/aromatic N) is 2. The van der Waals surface area contributed by atoms with Gasteiger partial charge in [0.25, 0.3) is 0 Å². The Morgan fingerprint density at radius 1 is 0.955 bits per heavy atom. The number of H-pyrrole nitrogens is 1. The zero-order chi connectivity index (χ0) is 32.0. The van der Waals surface area contributed by atoms with Gasteiger partial charge in [-0.3, -0.25) is 9.59 Å². The fourth-order valence-electron chi connectivity index (χ4n) is 6.61. The van der Waals surface area contributed by atoms with Crippen molar-refractivity contribution in [1.82, 2.24) is 10.3 Å². The number of nitrogens with one attached hydrogen (secondary N) is 2. The largest absolute Gasteiger partial charge is 0.481 e.